The summed E-state index contributed by atoms with van der Waals surface area (Å²) in [6.07, 6.45) is 0.776. The van der Waals surface area contributed by atoms with Crippen LogP contribution >= 0.6 is 0 Å². The van der Waals surface area contributed by atoms with Crippen molar-refractivity contribution in [1.29, 1.82) is 0 Å². The van der Waals surface area contributed by atoms with E-state index >= 15 is 0 Å². The molecule has 0 bridgehead atoms. The fraction of sp³-hybridized carbons (Fsp3) is 0.235. The van der Waals surface area contributed by atoms with Crippen molar-refractivity contribution in [3.05, 3.63) is 59.7 Å². The Labute approximate surface area is 124 Å². The first kappa shape index (κ1) is 13.5. The Morgan fingerprint density at radius 2 is 1.90 bits per heavy atom. The summed E-state index contributed by atoms with van der Waals surface area (Å²) >= 11 is 0. The Morgan fingerprint density at radius 1 is 1.14 bits per heavy atom. The van der Waals surface area contributed by atoms with Crippen LogP contribution in [-0.4, -0.2) is 12.6 Å². The molecular weight excluding hydrogens is 264 g/mol. The minimum atomic E-state index is -0.194. The van der Waals surface area contributed by atoms with Gasteiger partial charge in [-0.1, -0.05) is 35.9 Å². The molecule has 2 N–H and O–H groups in total. The number of para-hydroxylation sites is 1. The molecule has 1 heterocycles. The number of hydrogen-bond donors (Lipinski definition) is 2. The van der Waals surface area contributed by atoms with E-state index in [1.807, 2.05) is 55.5 Å². The molecule has 2 aromatic rings. The molecule has 4 nitrogen and oxygen atoms in total. The SMILES string of the molecule is Cc1ccc(NC(=O)N[C@H]2CCOc3ccccc32)cc1. The van der Waals surface area contributed by atoms with E-state index < -0.39 is 0 Å². The van der Waals surface area contributed by atoms with Crippen LogP contribution < -0.4 is 15.4 Å². The monoisotopic (exact) mass is 282 g/mol. The average Bonchev–Trinajstić information content (AvgIpc) is 2.50. The van der Waals surface area contributed by atoms with E-state index in [9.17, 15) is 4.79 Å². The molecule has 21 heavy (non-hydrogen) atoms. The van der Waals surface area contributed by atoms with Crippen molar-refractivity contribution in [3.63, 3.8) is 0 Å². The molecular formula is C17H18N2O2. The van der Waals surface area contributed by atoms with Crippen molar-refractivity contribution >= 4 is 11.7 Å². The third-order valence-electron chi connectivity index (χ3n) is 3.57. The Balaban J connectivity index is 1.67. The first-order valence-electron chi connectivity index (χ1n) is 7.08. The normalized spacial score (nSPS) is 16.5. The highest BCUT2D eigenvalue weighted by Crippen LogP contribution is 2.31. The summed E-state index contributed by atoms with van der Waals surface area (Å²) in [5, 5.41) is 5.86. The highest BCUT2D eigenvalue weighted by Gasteiger charge is 2.22. The minimum Gasteiger partial charge on any atom is -0.493 e. The van der Waals surface area contributed by atoms with Gasteiger partial charge in [0.15, 0.2) is 0 Å². The lowest BCUT2D eigenvalue weighted by Crippen LogP contribution is -2.35. The first-order chi connectivity index (χ1) is 10.2. The summed E-state index contributed by atoms with van der Waals surface area (Å²) in [5.74, 6) is 0.851. The van der Waals surface area contributed by atoms with Gasteiger partial charge in [-0.2, -0.15) is 0 Å². The average molecular weight is 282 g/mol. The van der Waals surface area contributed by atoms with Gasteiger partial charge in [-0.15, -0.1) is 0 Å². The number of urea groups is 1. The molecule has 0 fully saturated rings. The van der Waals surface area contributed by atoms with Crippen molar-refractivity contribution in [2.75, 3.05) is 11.9 Å². The van der Waals surface area contributed by atoms with E-state index in [1.54, 1.807) is 0 Å². The predicted molar refractivity (Wildman–Crippen MR) is 82.6 cm³/mol. The van der Waals surface area contributed by atoms with Crippen molar-refractivity contribution < 1.29 is 9.53 Å². The molecule has 0 aromatic heterocycles. The molecule has 0 unspecified atom stereocenters. The Kier molecular flexibility index (Phi) is 3.77. The fourth-order valence-electron chi connectivity index (χ4n) is 2.45. The van der Waals surface area contributed by atoms with E-state index in [4.69, 9.17) is 4.74 Å². The fourth-order valence-corrected chi connectivity index (χ4v) is 2.45. The van der Waals surface area contributed by atoms with Crippen molar-refractivity contribution in [3.8, 4) is 5.75 Å². The maximum Gasteiger partial charge on any atom is 0.319 e. The van der Waals surface area contributed by atoms with E-state index in [1.165, 1.54) is 5.56 Å². The number of benzene rings is 2. The largest absolute Gasteiger partial charge is 0.493 e. The number of aryl methyl sites for hydroxylation is 1. The molecule has 2 aromatic carbocycles. The maximum absolute atomic E-state index is 12.1. The standard InChI is InChI=1S/C17H18N2O2/c1-12-6-8-13(9-7-12)18-17(20)19-15-10-11-21-16-5-3-2-4-14(15)16/h2-9,15H,10-11H2,1H3,(H2,18,19,20)/t15-/m0/s1. The number of nitrogens with one attached hydrogen (secondary N) is 2. The van der Waals surface area contributed by atoms with Crippen LogP contribution in [0.15, 0.2) is 48.5 Å². The van der Waals surface area contributed by atoms with Gasteiger partial charge in [-0.3, -0.25) is 0 Å². The van der Waals surface area contributed by atoms with Gasteiger partial charge in [-0.05, 0) is 25.1 Å². The molecule has 4 heteroatoms. The third kappa shape index (κ3) is 3.16. The van der Waals surface area contributed by atoms with Crippen LogP contribution in [0.3, 0.4) is 0 Å². The van der Waals surface area contributed by atoms with Crippen molar-refractivity contribution in [1.82, 2.24) is 5.32 Å². The number of ether oxygens (including phenoxy) is 1. The topological polar surface area (TPSA) is 50.4 Å². The Hall–Kier alpha value is -2.49. The van der Waals surface area contributed by atoms with Crippen molar-refractivity contribution in [2.45, 2.75) is 19.4 Å². The third-order valence-corrected chi connectivity index (χ3v) is 3.57. The van der Waals surface area contributed by atoms with Crippen LogP contribution in [0.2, 0.25) is 0 Å². The summed E-state index contributed by atoms with van der Waals surface area (Å²) in [4.78, 5) is 12.1. The lowest BCUT2D eigenvalue weighted by molar-refractivity contribution is 0.232. The predicted octanol–water partition coefficient (Wildman–Crippen LogP) is 3.64. The number of hydrogen-bond acceptors (Lipinski definition) is 2. The van der Waals surface area contributed by atoms with E-state index in [0.717, 1.165) is 23.4 Å². The smallest absolute Gasteiger partial charge is 0.319 e. The molecule has 3 rings (SSSR count). The number of rotatable bonds is 2. The lowest BCUT2D eigenvalue weighted by atomic mass is 10.0. The second-order valence-electron chi connectivity index (χ2n) is 5.19. The number of fused-ring (bicyclic) bond motifs is 1. The summed E-state index contributed by atoms with van der Waals surface area (Å²) in [6, 6.07) is 15.3. The zero-order valence-electron chi connectivity index (χ0n) is 11.9. The van der Waals surface area contributed by atoms with Gasteiger partial charge in [0.05, 0.1) is 12.6 Å². The highest BCUT2D eigenvalue weighted by atomic mass is 16.5. The molecule has 0 radical (unpaired) electrons. The number of amides is 2. The van der Waals surface area contributed by atoms with Crippen LogP contribution in [0.1, 0.15) is 23.6 Å². The van der Waals surface area contributed by atoms with Gasteiger partial charge in [0.2, 0.25) is 0 Å². The number of carbonyl (C=O) groups excluding carboxylic acids is 1. The lowest BCUT2D eigenvalue weighted by Gasteiger charge is -2.26. The van der Waals surface area contributed by atoms with Gasteiger partial charge in [0, 0.05) is 17.7 Å². The summed E-state index contributed by atoms with van der Waals surface area (Å²) in [7, 11) is 0. The molecule has 1 aliphatic rings. The van der Waals surface area contributed by atoms with Crippen LogP contribution in [0.4, 0.5) is 10.5 Å². The Morgan fingerprint density at radius 3 is 2.71 bits per heavy atom. The minimum absolute atomic E-state index is 0.0135. The highest BCUT2D eigenvalue weighted by molar-refractivity contribution is 5.89. The van der Waals surface area contributed by atoms with E-state index in [0.29, 0.717) is 6.61 Å². The van der Waals surface area contributed by atoms with Gasteiger partial charge in [0.25, 0.3) is 0 Å². The van der Waals surface area contributed by atoms with Crippen LogP contribution in [0.5, 0.6) is 5.75 Å². The number of anilines is 1. The quantitative estimate of drug-likeness (QED) is 0.883. The van der Waals surface area contributed by atoms with Gasteiger partial charge in [0.1, 0.15) is 5.75 Å². The van der Waals surface area contributed by atoms with Gasteiger partial charge < -0.3 is 15.4 Å². The molecule has 2 amide bonds. The van der Waals surface area contributed by atoms with Crippen LogP contribution in [0.25, 0.3) is 0 Å². The molecule has 1 atom stereocenters. The molecule has 108 valence electrons. The second kappa shape index (κ2) is 5.87. The van der Waals surface area contributed by atoms with E-state index in [2.05, 4.69) is 10.6 Å². The number of carbonyl (C=O) groups is 1. The van der Waals surface area contributed by atoms with Crippen LogP contribution in [0, 0.1) is 6.92 Å². The second-order valence-corrected chi connectivity index (χ2v) is 5.19. The van der Waals surface area contributed by atoms with E-state index in [-0.39, 0.29) is 12.1 Å². The molecule has 1 aliphatic heterocycles. The molecule has 0 spiro atoms. The summed E-state index contributed by atoms with van der Waals surface area (Å²) in [6.45, 7) is 2.63. The summed E-state index contributed by atoms with van der Waals surface area (Å²) in [5.41, 5.74) is 2.99. The summed E-state index contributed by atoms with van der Waals surface area (Å²) < 4.78 is 5.59. The molecule has 0 saturated heterocycles. The van der Waals surface area contributed by atoms with Gasteiger partial charge >= 0.3 is 6.03 Å². The Bertz CT molecular complexity index is 637. The molecule has 0 aliphatic carbocycles. The zero-order valence-corrected chi connectivity index (χ0v) is 11.9. The molecule has 0 saturated carbocycles. The maximum atomic E-state index is 12.1. The van der Waals surface area contributed by atoms with Crippen LogP contribution in [-0.2, 0) is 0 Å². The zero-order chi connectivity index (χ0) is 14.7. The van der Waals surface area contributed by atoms with Gasteiger partial charge in [-0.25, -0.2) is 4.79 Å². The van der Waals surface area contributed by atoms with Crippen molar-refractivity contribution in [2.24, 2.45) is 0 Å². The first-order valence-corrected chi connectivity index (χ1v) is 7.08.